The third kappa shape index (κ3) is 3.37. The first-order valence-corrected chi connectivity index (χ1v) is 7.75. The van der Waals surface area contributed by atoms with Crippen LogP contribution in [0.5, 0.6) is 5.75 Å². The molecule has 0 bridgehead atoms. The molecule has 0 radical (unpaired) electrons. The molecule has 2 aromatic rings. The molecule has 0 aliphatic carbocycles. The van der Waals surface area contributed by atoms with Crippen molar-refractivity contribution in [3.05, 3.63) is 42.2 Å². The molecule has 0 fully saturated rings. The minimum atomic E-state index is -3.56. The minimum absolute atomic E-state index is 0.121. The van der Waals surface area contributed by atoms with E-state index in [4.69, 9.17) is 4.74 Å². The number of benzene rings is 1. The zero-order valence-electron chi connectivity index (χ0n) is 11.3. The highest BCUT2D eigenvalue weighted by molar-refractivity contribution is 7.89. The Morgan fingerprint density at radius 3 is 2.60 bits per heavy atom. The van der Waals surface area contributed by atoms with Gasteiger partial charge in [-0.05, 0) is 31.5 Å². The summed E-state index contributed by atoms with van der Waals surface area (Å²) in [5.74, 6) is 0.765. The normalized spacial score (nSPS) is 13.1. The van der Waals surface area contributed by atoms with E-state index in [2.05, 4.69) is 14.9 Å². The molecule has 0 saturated carbocycles. The van der Waals surface area contributed by atoms with Gasteiger partial charge in [-0.25, -0.2) is 13.1 Å². The number of aromatic nitrogens is 2. The van der Waals surface area contributed by atoms with Gasteiger partial charge in [0.05, 0.1) is 12.8 Å². The first kappa shape index (κ1) is 14.5. The summed E-state index contributed by atoms with van der Waals surface area (Å²) in [6.45, 7) is 4.30. The Balaban J connectivity index is 2.10. The number of hydrogen-bond donors (Lipinski definition) is 2. The number of nitrogens with one attached hydrogen (secondary N) is 2. The van der Waals surface area contributed by atoms with Crippen LogP contribution >= 0.6 is 0 Å². The van der Waals surface area contributed by atoms with Gasteiger partial charge in [0.15, 0.2) is 0 Å². The minimum Gasteiger partial charge on any atom is -0.494 e. The summed E-state index contributed by atoms with van der Waals surface area (Å²) in [6, 6.07) is 6.98. The fraction of sp³-hybridized carbons (Fsp3) is 0.308. The van der Waals surface area contributed by atoms with E-state index < -0.39 is 10.0 Å². The highest BCUT2D eigenvalue weighted by atomic mass is 32.2. The van der Waals surface area contributed by atoms with Crippen LogP contribution in [0, 0.1) is 0 Å². The van der Waals surface area contributed by atoms with Gasteiger partial charge in [0.2, 0.25) is 10.0 Å². The molecular formula is C13H17N3O3S. The van der Waals surface area contributed by atoms with Crippen LogP contribution in [0.1, 0.15) is 25.5 Å². The molecule has 0 spiro atoms. The molecule has 1 heterocycles. The summed E-state index contributed by atoms with van der Waals surface area (Å²) in [4.78, 5) is 0.121. The summed E-state index contributed by atoms with van der Waals surface area (Å²) < 4.78 is 32.0. The summed E-state index contributed by atoms with van der Waals surface area (Å²) >= 11 is 0. The van der Waals surface area contributed by atoms with Gasteiger partial charge in [-0.2, -0.15) is 5.10 Å². The number of ether oxygens (including phenoxy) is 1. The second-order valence-electron chi connectivity index (χ2n) is 4.28. The predicted octanol–water partition coefficient (Wildman–Crippen LogP) is 1.85. The highest BCUT2D eigenvalue weighted by Gasteiger charge is 2.19. The van der Waals surface area contributed by atoms with Crippen LogP contribution in [0.4, 0.5) is 0 Å². The molecule has 0 aliphatic heterocycles. The van der Waals surface area contributed by atoms with Gasteiger partial charge in [-0.1, -0.05) is 12.1 Å². The molecule has 6 nitrogen and oxygen atoms in total. The molecule has 0 aliphatic rings. The van der Waals surface area contributed by atoms with Crippen molar-refractivity contribution in [2.45, 2.75) is 24.8 Å². The Labute approximate surface area is 118 Å². The fourth-order valence-electron chi connectivity index (χ4n) is 1.77. The molecule has 108 valence electrons. The van der Waals surface area contributed by atoms with Crippen molar-refractivity contribution in [1.29, 1.82) is 0 Å². The van der Waals surface area contributed by atoms with E-state index in [-0.39, 0.29) is 10.9 Å². The second kappa shape index (κ2) is 6.06. The van der Waals surface area contributed by atoms with E-state index in [0.717, 1.165) is 11.3 Å². The summed E-state index contributed by atoms with van der Waals surface area (Å²) in [7, 11) is -3.56. The lowest BCUT2D eigenvalue weighted by Crippen LogP contribution is -2.26. The lowest BCUT2D eigenvalue weighted by Gasteiger charge is -2.14. The average Bonchev–Trinajstić information content (AvgIpc) is 2.94. The standard InChI is InChI=1S/C13H17N3O3S/c1-3-19-12-6-4-11(5-7-12)10(2)16-20(17,18)13-8-14-15-9-13/h4-10,16H,3H2,1-2H3,(H,14,15). The van der Waals surface area contributed by atoms with Crippen LogP contribution in [-0.2, 0) is 10.0 Å². The maximum absolute atomic E-state index is 12.1. The third-order valence-electron chi connectivity index (χ3n) is 2.81. The molecule has 2 rings (SSSR count). The van der Waals surface area contributed by atoms with Crippen molar-refractivity contribution in [2.24, 2.45) is 0 Å². The molecule has 0 amide bonds. The van der Waals surface area contributed by atoms with Crippen molar-refractivity contribution in [3.8, 4) is 5.75 Å². The molecule has 1 aromatic carbocycles. The van der Waals surface area contributed by atoms with Crippen molar-refractivity contribution >= 4 is 10.0 Å². The van der Waals surface area contributed by atoms with Crippen LogP contribution < -0.4 is 9.46 Å². The van der Waals surface area contributed by atoms with Crippen LogP contribution in [0.2, 0.25) is 0 Å². The number of aromatic amines is 1. The summed E-state index contributed by atoms with van der Waals surface area (Å²) in [5, 5.41) is 6.12. The van der Waals surface area contributed by atoms with Crippen molar-refractivity contribution in [3.63, 3.8) is 0 Å². The maximum Gasteiger partial charge on any atom is 0.244 e. The van der Waals surface area contributed by atoms with E-state index >= 15 is 0 Å². The lowest BCUT2D eigenvalue weighted by molar-refractivity contribution is 0.340. The Morgan fingerprint density at radius 1 is 1.35 bits per heavy atom. The van der Waals surface area contributed by atoms with Gasteiger partial charge < -0.3 is 4.74 Å². The molecule has 1 aromatic heterocycles. The molecule has 20 heavy (non-hydrogen) atoms. The van der Waals surface area contributed by atoms with Gasteiger partial charge >= 0.3 is 0 Å². The second-order valence-corrected chi connectivity index (χ2v) is 5.99. The molecule has 1 atom stereocenters. The van der Waals surface area contributed by atoms with E-state index in [1.165, 1.54) is 12.4 Å². The number of rotatable bonds is 6. The first-order chi connectivity index (χ1) is 9.53. The Bertz CT molecular complexity index is 636. The number of sulfonamides is 1. The Morgan fingerprint density at radius 2 is 2.05 bits per heavy atom. The monoisotopic (exact) mass is 295 g/mol. The maximum atomic E-state index is 12.1. The zero-order chi connectivity index (χ0) is 14.6. The first-order valence-electron chi connectivity index (χ1n) is 6.27. The summed E-state index contributed by atoms with van der Waals surface area (Å²) in [5.41, 5.74) is 0.862. The molecule has 2 N–H and O–H groups in total. The molecule has 1 unspecified atom stereocenters. The van der Waals surface area contributed by atoms with E-state index in [9.17, 15) is 8.42 Å². The molecule has 0 saturated heterocycles. The third-order valence-corrected chi connectivity index (χ3v) is 4.31. The van der Waals surface area contributed by atoms with Crippen molar-refractivity contribution in [1.82, 2.24) is 14.9 Å². The predicted molar refractivity (Wildman–Crippen MR) is 74.9 cm³/mol. The van der Waals surface area contributed by atoms with Gasteiger partial charge in [0, 0.05) is 12.2 Å². The molecule has 7 heteroatoms. The smallest absolute Gasteiger partial charge is 0.244 e. The average molecular weight is 295 g/mol. The summed E-state index contributed by atoms with van der Waals surface area (Å²) in [6.07, 6.45) is 2.61. The van der Waals surface area contributed by atoms with Gasteiger partial charge in [-0.15, -0.1) is 0 Å². The fourth-order valence-corrected chi connectivity index (χ4v) is 2.91. The van der Waals surface area contributed by atoms with Gasteiger partial charge in [-0.3, -0.25) is 5.10 Å². The topological polar surface area (TPSA) is 84.1 Å². The van der Waals surface area contributed by atoms with E-state index in [1.54, 1.807) is 6.92 Å². The Kier molecular flexibility index (Phi) is 4.41. The van der Waals surface area contributed by atoms with Gasteiger partial charge in [0.25, 0.3) is 0 Å². The number of H-pyrrole nitrogens is 1. The van der Waals surface area contributed by atoms with Crippen LogP contribution in [0.3, 0.4) is 0 Å². The number of hydrogen-bond acceptors (Lipinski definition) is 4. The van der Waals surface area contributed by atoms with Gasteiger partial charge in [0.1, 0.15) is 10.6 Å². The van der Waals surface area contributed by atoms with E-state index in [1.807, 2.05) is 31.2 Å². The van der Waals surface area contributed by atoms with Crippen LogP contribution in [0.25, 0.3) is 0 Å². The quantitative estimate of drug-likeness (QED) is 0.851. The van der Waals surface area contributed by atoms with Crippen molar-refractivity contribution in [2.75, 3.05) is 6.61 Å². The number of nitrogens with zero attached hydrogens (tertiary/aromatic N) is 1. The largest absolute Gasteiger partial charge is 0.494 e. The van der Waals surface area contributed by atoms with Crippen LogP contribution in [-0.4, -0.2) is 25.2 Å². The highest BCUT2D eigenvalue weighted by Crippen LogP contribution is 2.19. The van der Waals surface area contributed by atoms with Crippen molar-refractivity contribution < 1.29 is 13.2 Å². The van der Waals surface area contributed by atoms with E-state index in [0.29, 0.717) is 6.61 Å². The Hall–Kier alpha value is -1.86. The zero-order valence-corrected chi connectivity index (χ0v) is 12.1. The molecular weight excluding hydrogens is 278 g/mol. The van der Waals surface area contributed by atoms with Crippen LogP contribution in [0.15, 0.2) is 41.6 Å². The SMILES string of the molecule is CCOc1ccc(C(C)NS(=O)(=O)c2cn[nH]c2)cc1. The lowest BCUT2D eigenvalue weighted by atomic mass is 10.1.